The van der Waals surface area contributed by atoms with Crippen LogP contribution in [0.15, 0.2) is 35.6 Å². The summed E-state index contributed by atoms with van der Waals surface area (Å²) in [6.07, 6.45) is 2.14. The van der Waals surface area contributed by atoms with Crippen LogP contribution < -0.4 is 11.1 Å². The molecule has 0 aliphatic heterocycles. The summed E-state index contributed by atoms with van der Waals surface area (Å²) >= 11 is 1.14. The number of nitrogens with one attached hydrogen (secondary N) is 1. The van der Waals surface area contributed by atoms with Gasteiger partial charge in [-0.15, -0.1) is 0 Å². The molecule has 25 heavy (non-hydrogen) atoms. The Morgan fingerprint density at radius 2 is 2.04 bits per heavy atom. The standard InChI is InChI=1S/C17H20N4O3S/c1-3-11-7-5-6-8-13(11)20-14(22)10-25-17-19-9-12(15(18)21-17)16(23)24-4-2/h5-9H,3-4,10H2,1-2H3,(H,20,22)(H2,18,19,21). The van der Waals surface area contributed by atoms with Gasteiger partial charge < -0.3 is 15.8 Å². The molecular weight excluding hydrogens is 340 g/mol. The Morgan fingerprint density at radius 1 is 1.28 bits per heavy atom. The summed E-state index contributed by atoms with van der Waals surface area (Å²) in [6.45, 7) is 3.98. The summed E-state index contributed by atoms with van der Waals surface area (Å²) in [5.74, 6) is -0.559. The number of ether oxygens (including phenoxy) is 1. The first-order chi connectivity index (χ1) is 12.0. The van der Waals surface area contributed by atoms with Crippen molar-refractivity contribution in [2.75, 3.05) is 23.4 Å². The molecule has 0 fully saturated rings. The zero-order chi connectivity index (χ0) is 18.2. The van der Waals surface area contributed by atoms with E-state index in [1.54, 1.807) is 6.92 Å². The second kappa shape index (κ2) is 9.03. The maximum absolute atomic E-state index is 12.1. The van der Waals surface area contributed by atoms with Gasteiger partial charge in [0.25, 0.3) is 0 Å². The molecule has 7 nitrogen and oxygen atoms in total. The SMILES string of the molecule is CCOC(=O)c1cnc(SCC(=O)Nc2ccccc2CC)nc1N. The molecule has 1 amide bonds. The number of nitrogens with two attached hydrogens (primary N) is 1. The van der Waals surface area contributed by atoms with Crippen molar-refractivity contribution in [1.82, 2.24) is 9.97 Å². The van der Waals surface area contributed by atoms with Crippen LogP contribution in [-0.4, -0.2) is 34.2 Å². The van der Waals surface area contributed by atoms with E-state index in [1.807, 2.05) is 31.2 Å². The van der Waals surface area contributed by atoms with Crippen molar-refractivity contribution in [2.45, 2.75) is 25.4 Å². The number of hydrogen-bond donors (Lipinski definition) is 2. The lowest BCUT2D eigenvalue weighted by Crippen LogP contribution is -2.16. The van der Waals surface area contributed by atoms with Gasteiger partial charge in [0.05, 0.1) is 12.4 Å². The number of nitrogens with zero attached hydrogens (tertiary/aromatic N) is 2. The van der Waals surface area contributed by atoms with Crippen LogP contribution >= 0.6 is 11.8 Å². The van der Waals surface area contributed by atoms with Crippen molar-refractivity contribution in [3.8, 4) is 0 Å². The molecule has 0 atom stereocenters. The van der Waals surface area contributed by atoms with Crippen LogP contribution in [-0.2, 0) is 16.0 Å². The van der Waals surface area contributed by atoms with Crippen LogP contribution in [0.5, 0.6) is 0 Å². The fourth-order valence-corrected chi connectivity index (χ4v) is 2.70. The first-order valence-electron chi connectivity index (χ1n) is 7.85. The number of carbonyl (C=O) groups is 2. The van der Waals surface area contributed by atoms with Crippen molar-refractivity contribution >= 4 is 35.1 Å². The largest absolute Gasteiger partial charge is 0.462 e. The molecule has 0 saturated carbocycles. The van der Waals surface area contributed by atoms with E-state index in [0.717, 1.165) is 29.4 Å². The molecule has 132 valence electrons. The Hall–Kier alpha value is -2.61. The quantitative estimate of drug-likeness (QED) is 0.444. The highest BCUT2D eigenvalue weighted by Crippen LogP contribution is 2.19. The first kappa shape index (κ1) is 18.7. The third-order valence-electron chi connectivity index (χ3n) is 3.30. The highest BCUT2D eigenvalue weighted by Gasteiger charge is 2.14. The molecule has 0 aliphatic carbocycles. The minimum Gasteiger partial charge on any atom is -0.462 e. The van der Waals surface area contributed by atoms with Gasteiger partial charge in [0.15, 0.2) is 5.16 Å². The van der Waals surface area contributed by atoms with E-state index in [4.69, 9.17) is 10.5 Å². The van der Waals surface area contributed by atoms with Gasteiger partial charge in [-0.05, 0) is 25.0 Å². The minimum atomic E-state index is -0.564. The number of para-hydroxylation sites is 1. The molecule has 2 rings (SSSR count). The third kappa shape index (κ3) is 5.18. The minimum absolute atomic E-state index is 0.0349. The van der Waals surface area contributed by atoms with Crippen molar-refractivity contribution in [1.29, 1.82) is 0 Å². The van der Waals surface area contributed by atoms with E-state index in [9.17, 15) is 9.59 Å². The van der Waals surface area contributed by atoms with Gasteiger partial charge >= 0.3 is 5.97 Å². The average Bonchev–Trinajstić information content (AvgIpc) is 2.60. The second-order valence-corrected chi connectivity index (χ2v) is 5.96. The summed E-state index contributed by atoms with van der Waals surface area (Å²) in [5, 5.41) is 3.20. The highest BCUT2D eigenvalue weighted by atomic mass is 32.2. The zero-order valence-electron chi connectivity index (χ0n) is 14.1. The summed E-state index contributed by atoms with van der Waals surface area (Å²) < 4.78 is 4.87. The molecule has 0 radical (unpaired) electrons. The van der Waals surface area contributed by atoms with Gasteiger partial charge in [-0.3, -0.25) is 4.79 Å². The number of aryl methyl sites for hydroxylation is 1. The number of thioether (sulfide) groups is 1. The lowest BCUT2D eigenvalue weighted by molar-refractivity contribution is -0.113. The average molecular weight is 360 g/mol. The number of carbonyl (C=O) groups excluding carboxylic acids is 2. The lowest BCUT2D eigenvalue weighted by atomic mass is 10.1. The Morgan fingerprint density at radius 3 is 2.72 bits per heavy atom. The zero-order valence-corrected chi connectivity index (χ0v) is 14.9. The Balaban J connectivity index is 1.95. The van der Waals surface area contributed by atoms with E-state index in [-0.39, 0.29) is 29.6 Å². The molecule has 1 heterocycles. The molecule has 1 aromatic heterocycles. The lowest BCUT2D eigenvalue weighted by Gasteiger charge is -2.09. The van der Waals surface area contributed by atoms with Crippen LogP contribution in [0.2, 0.25) is 0 Å². The smallest absolute Gasteiger partial charge is 0.343 e. The first-order valence-corrected chi connectivity index (χ1v) is 8.83. The molecule has 3 N–H and O–H groups in total. The fraction of sp³-hybridized carbons (Fsp3) is 0.294. The Kier molecular flexibility index (Phi) is 6.76. The fourth-order valence-electron chi connectivity index (χ4n) is 2.08. The second-order valence-electron chi connectivity index (χ2n) is 5.02. The molecule has 0 saturated heterocycles. The van der Waals surface area contributed by atoms with E-state index < -0.39 is 5.97 Å². The number of anilines is 2. The Labute approximate surface area is 150 Å². The van der Waals surface area contributed by atoms with Crippen molar-refractivity contribution in [2.24, 2.45) is 0 Å². The predicted molar refractivity (Wildman–Crippen MR) is 97.6 cm³/mol. The van der Waals surface area contributed by atoms with Gasteiger partial charge in [0.2, 0.25) is 5.91 Å². The normalized spacial score (nSPS) is 10.3. The van der Waals surface area contributed by atoms with E-state index in [1.165, 1.54) is 6.20 Å². The third-order valence-corrected chi connectivity index (χ3v) is 4.16. The van der Waals surface area contributed by atoms with Gasteiger partial charge in [-0.1, -0.05) is 36.9 Å². The van der Waals surface area contributed by atoms with Crippen LogP contribution in [0.4, 0.5) is 11.5 Å². The number of nitrogen functional groups attached to an aromatic ring is 1. The number of benzene rings is 1. The van der Waals surface area contributed by atoms with E-state index in [2.05, 4.69) is 15.3 Å². The monoisotopic (exact) mass is 360 g/mol. The van der Waals surface area contributed by atoms with Gasteiger partial charge in [-0.25, -0.2) is 14.8 Å². The molecule has 2 aromatic rings. The molecule has 0 unspecified atom stereocenters. The molecule has 0 bridgehead atoms. The van der Waals surface area contributed by atoms with Crippen LogP contribution in [0, 0.1) is 0 Å². The van der Waals surface area contributed by atoms with Gasteiger partial charge in [0, 0.05) is 11.9 Å². The van der Waals surface area contributed by atoms with Gasteiger partial charge in [-0.2, -0.15) is 0 Å². The van der Waals surface area contributed by atoms with Crippen molar-refractivity contribution < 1.29 is 14.3 Å². The summed E-state index contributed by atoms with van der Waals surface area (Å²) in [6, 6.07) is 7.65. The maximum Gasteiger partial charge on any atom is 0.343 e. The maximum atomic E-state index is 12.1. The molecule has 8 heteroatoms. The highest BCUT2D eigenvalue weighted by molar-refractivity contribution is 7.99. The van der Waals surface area contributed by atoms with Crippen molar-refractivity contribution in [3.63, 3.8) is 0 Å². The molecule has 0 aliphatic rings. The van der Waals surface area contributed by atoms with Crippen LogP contribution in [0.25, 0.3) is 0 Å². The predicted octanol–water partition coefficient (Wildman–Crippen LogP) is 2.53. The summed E-state index contributed by atoms with van der Waals surface area (Å²) in [7, 11) is 0. The van der Waals surface area contributed by atoms with Gasteiger partial charge in [0.1, 0.15) is 11.4 Å². The summed E-state index contributed by atoms with van der Waals surface area (Å²) in [4.78, 5) is 31.8. The van der Waals surface area contributed by atoms with Crippen LogP contribution in [0.3, 0.4) is 0 Å². The van der Waals surface area contributed by atoms with Crippen molar-refractivity contribution in [3.05, 3.63) is 41.6 Å². The molecule has 1 aromatic carbocycles. The number of hydrogen-bond acceptors (Lipinski definition) is 7. The molecular formula is C17H20N4O3S. The number of aromatic nitrogens is 2. The number of rotatable bonds is 7. The van der Waals surface area contributed by atoms with E-state index >= 15 is 0 Å². The van der Waals surface area contributed by atoms with Crippen LogP contribution in [0.1, 0.15) is 29.8 Å². The molecule has 0 spiro atoms. The van der Waals surface area contributed by atoms with E-state index in [0.29, 0.717) is 5.16 Å². The topological polar surface area (TPSA) is 107 Å². The number of esters is 1. The Bertz CT molecular complexity index is 767. The number of amides is 1. The summed E-state index contributed by atoms with van der Waals surface area (Å²) in [5.41, 5.74) is 7.74.